The lowest BCUT2D eigenvalue weighted by molar-refractivity contribution is -0.128. The molecule has 0 unspecified atom stereocenters. The van der Waals surface area contributed by atoms with Crippen LogP contribution in [0.1, 0.15) is 26.0 Å². The molecular formula is C12H23N5O2. The molecule has 0 atom stereocenters. The SMILES string of the molecule is CNC(=O)C(C)(C)CNCc1cn(CCCO)nn1. The summed E-state index contributed by atoms with van der Waals surface area (Å²) in [4.78, 5) is 11.6. The van der Waals surface area contributed by atoms with Gasteiger partial charge in [0.25, 0.3) is 0 Å². The summed E-state index contributed by atoms with van der Waals surface area (Å²) < 4.78 is 1.71. The molecule has 0 aliphatic heterocycles. The Morgan fingerprint density at radius 3 is 2.89 bits per heavy atom. The van der Waals surface area contributed by atoms with Crippen LogP contribution in [0.25, 0.3) is 0 Å². The minimum absolute atomic E-state index is 0.00611. The van der Waals surface area contributed by atoms with E-state index in [1.54, 1.807) is 11.7 Å². The molecule has 3 N–H and O–H groups in total. The predicted molar refractivity (Wildman–Crippen MR) is 71.3 cm³/mol. The van der Waals surface area contributed by atoms with E-state index < -0.39 is 5.41 Å². The van der Waals surface area contributed by atoms with Gasteiger partial charge in [-0.25, -0.2) is 0 Å². The fourth-order valence-electron chi connectivity index (χ4n) is 1.68. The molecule has 0 spiro atoms. The molecule has 1 rings (SSSR count). The second kappa shape index (κ2) is 7.20. The average molecular weight is 269 g/mol. The van der Waals surface area contributed by atoms with Crippen LogP contribution in [0.2, 0.25) is 0 Å². The van der Waals surface area contributed by atoms with Crippen molar-refractivity contribution in [2.24, 2.45) is 5.41 Å². The zero-order chi connectivity index (χ0) is 14.3. The average Bonchev–Trinajstić information content (AvgIpc) is 2.83. The summed E-state index contributed by atoms with van der Waals surface area (Å²) in [5.74, 6) is 0.00611. The summed E-state index contributed by atoms with van der Waals surface area (Å²) in [5, 5.41) is 22.6. The Balaban J connectivity index is 2.36. The molecule has 0 saturated carbocycles. The van der Waals surface area contributed by atoms with Crippen LogP contribution in [0.3, 0.4) is 0 Å². The van der Waals surface area contributed by atoms with Gasteiger partial charge in [-0.3, -0.25) is 9.48 Å². The maximum Gasteiger partial charge on any atom is 0.226 e. The summed E-state index contributed by atoms with van der Waals surface area (Å²) in [5.41, 5.74) is 0.368. The van der Waals surface area contributed by atoms with Crippen LogP contribution in [-0.4, -0.2) is 46.2 Å². The summed E-state index contributed by atoms with van der Waals surface area (Å²) >= 11 is 0. The Hall–Kier alpha value is -1.47. The zero-order valence-electron chi connectivity index (χ0n) is 11.8. The van der Waals surface area contributed by atoms with Gasteiger partial charge >= 0.3 is 0 Å². The molecule has 0 aromatic carbocycles. The molecule has 1 aromatic rings. The van der Waals surface area contributed by atoms with Gasteiger partial charge in [-0.05, 0) is 20.3 Å². The summed E-state index contributed by atoms with van der Waals surface area (Å²) in [6.07, 6.45) is 2.51. The van der Waals surface area contributed by atoms with E-state index in [9.17, 15) is 4.79 Å². The first-order valence-electron chi connectivity index (χ1n) is 6.42. The van der Waals surface area contributed by atoms with Crippen LogP contribution < -0.4 is 10.6 Å². The van der Waals surface area contributed by atoms with E-state index in [2.05, 4.69) is 20.9 Å². The van der Waals surface area contributed by atoms with Crippen LogP contribution in [0.15, 0.2) is 6.20 Å². The molecule has 1 heterocycles. The van der Waals surface area contributed by atoms with Crippen molar-refractivity contribution in [2.45, 2.75) is 33.4 Å². The van der Waals surface area contributed by atoms with Crippen LogP contribution in [0.5, 0.6) is 0 Å². The lowest BCUT2D eigenvalue weighted by Gasteiger charge is -2.22. The third-order valence-electron chi connectivity index (χ3n) is 2.85. The number of hydrogen-bond donors (Lipinski definition) is 3. The molecule has 0 saturated heterocycles. The number of hydrogen-bond acceptors (Lipinski definition) is 5. The lowest BCUT2D eigenvalue weighted by atomic mass is 9.92. The zero-order valence-corrected chi connectivity index (χ0v) is 11.8. The number of nitrogens with one attached hydrogen (secondary N) is 2. The highest BCUT2D eigenvalue weighted by atomic mass is 16.3. The van der Waals surface area contributed by atoms with Gasteiger partial charge in [0, 0.05) is 39.5 Å². The standard InChI is InChI=1S/C12H23N5O2/c1-12(2,11(19)13-3)9-14-7-10-8-17(16-15-10)5-4-6-18/h8,14,18H,4-7,9H2,1-3H3,(H,13,19). The van der Waals surface area contributed by atoms with Gasteiger partial charge in [-0.2, -0.15) is 0 Å². The molecule has 0 aliphatic carbocycles. The van der Waals surface area contributed by atoms with Gasteiger partial charge < -0.3 is 15.7 Å². The fraction of sp³-hybridized carbons (Fsp3) is 0.750. The molecule has 1 amide bonds. The number of carbonyl (C=O) groups excluding carboxylic acids is 1. The molecule has 0 aliphatic rings. The molecule has 0 bridgehead atoms. The van der Waals surface area contributed by atoms with Crippen LogP contribution in [0.4, 0.5) is 0 Å². The Bertz CT molecular complexity index is 403. The van der Waals surface area contributed by atoms with Crippen molar-refractivity contribution in [3.63, 3.8) is 0 Å². The van der Waals surface area contributed by atoms with E-state index in [0.29, 0.717) is 26.1 Å². The summed E-state index contributed by atoms with van der Waals surface area (Å²) in [6, 6.07) is 0. The first-order valence-corrected chi connectivity index (χ1v) is 6.42. The van der Waals surface area contributed by atoms with Crippen molar-refractivity contribution in [3.05, 3.63) is 11.9 Å². The first-order chi connectivity index (χ1) is 8.99. The minimum Gasteiger partial charge on any atom is -0.396 e. The first kappa shape index (κ1) is 15.6. The number of amides is 1. The normalized spacial score (nSPS) is 11.6. The number of aliphatic hydroxyl groups excluding tert-OH is 1. The van der Waals surface area contributed by atoms with Crippen molar-refractivity contribution >= 4 is 5.91 Å². The number of rotatable bonds is 8. The molecular weight excluding hydrogens is 246 g/mol. The topological polar surface area (TPSA) is 92.1 Å². The van der Waals surface area contributed by atoms with Crippen LogP contribution in [0, 0.1) is 5.41 Å². The molecule has 108 valence electrons. The van der Waals surface area contributed by atoms with Crippen molar-refractivity contribution in [2.75, 3.05) is 20.2 Å². The quantitative estimate of drug-likeness (QED) is 0.593. The lowest BCUT2D eigenvalue weighted by Crippen LogP contribution is -2.41. The number of aryl methyl sites for hydroxylation is 1. The second-order valence-corrected chi connectivity index (χ2v) is 5.12. The highest BCUT2D eigenvalue weighted by Crippen LogP contribution is 2.13. The predicted octanol–water partition coefficient (Wildman–Crippen LogP) is -0.478. The molecule has 19 heavy (non-hydrogen) atoms. The second-order valence-electron chi connectivity index (χ2n) is 5.12. The van der Waals surface area contributed by atoms with E-state index in [1.165, 1.54) is 0 Å². The maximum absolute atomic E-state index is 11.6. The Morgan fingerprint density at radius 2 is 2.26 bits per heavy atom. The third-order valence-corrected chi connectivity index (χ3v) is 2.85. The number of carbonyl (C=O) groups is 1. The van der Waals surface area contributed by atoms with Gasteiger partial charge in [0.15, 0.2) is 0 Å². The monoisotopic (exact) mass is 269 g/mol. The van der Waals surface area contributed by atoms with Crippen molar-refractivity contribution in [3.8, 4) is 0 Å². The van der Waals surface area contributed by atoms with Gasteiger partial charge in [-0.15, -0.1) is 5.10 Å². The van der Waals surface area contributed by atoms with E-state index in [1.807, 2.05) is 20.0 Å². The highest BCUT2D eigenvalue weighted by molar-refractivity contribution is 5.81. The largest absolute Gasteiger partial charge is 0.396 e. The summed E-state index contributed by atoms with van der Waals surface area (Å²) in [7, 11) is 1.64. The molecule has 7 heteroatoms. The van der Waals surface area contributed by atoms with Gasteiger partial charge in [0.2, 0.25) is 5.91 Å². The van der Waals surface area contributed by atoms with Gasteiger partial charge in [0.1, 0.15) is 0 Å². The fourth-order valence-corrected chi connectivity index (χ4v) is 1.68. The van der Waals surface area contributed by atoms with Gasteiger partial charge in [0.05, 0.1) is 11.1 Å². The molecule has 0 radical (unpaired) electrons. The Morgan fingerprint density at radius 1 is 1.53 bits per heavy atom. The Kier molecular flexibility index (Phi) is 5.91. The highest BCUT2D eigenvalue weighted by Gasteiger charge is 2.25. The molecule has 0 fully saturated rings. The molecule has 7 nitrogen and oxygen atoms in total. The van der Waals surface area contributed by atoms with E-state index in [0.717, 1.165) is 5.69 Å². The van der Waals surface area contributed by atoms with Crippen molar-refractivity contribution < 1.29 is 9.90 Å². The third kappa shape index (κ3) is 4.96. The number of aromatic nitrogens is 3. The smallest absolute Gasteiger partial charge is 0.226 e. The molecule has 1 aromatic heterocycles. The van der Waals surface area contributed by atoms with Crippen LogP contribution >= 0.6 is 0 Å². The Labute approximate surface area is 113 Å². The number of aliphatic hydroxyl groups is 1. The number of nitrogens with zero attached hydrogens (tertiary/aromatic N) is 3. The van der Waals surface area contributed by atoms with Crippen molar-refractivity contribution in [1.82, 2.24) is 25.6 Å². The van der Waals surface area contributed by atoms with Crippen LogP contribution in [-0.2, 0) is 17.9 Å². The maximum atomic E-state index is 11.6. The minimum atomic E-state index is -0.457. The van der Waals surface area contributed by atoms with E-state index in [-0.39, 0.29) is 12.5 Å². The van der Waals surface area contributed by atoms with Crippen molar-refractivity contribution in [1.29, 1.82) is 0 Å². The van der Waals surface area contributed by atoms with E-state index >= 15 is 0 Å². The summed E-state index contributed by atoms with van der Waals surface area (Å²) in [6.45, 7) is 5.71. The van der Waals surface area contributed by atoms with E-state index in [4.69, 9.17) is 5.11 Å². The van der Waals surface area contributed by atoms with Gasteiger partial charge in [-0.1, -0.05) is 5.21 Å².